The van der Waals surface area contributed by atoms with Crippen LogP contribution in [0, 0.1) is 0 Å². The molecule has 0 saturated heterocycles. The fourth-order valence-corrected chi connectivity index (χ4v) is 4.46. The van der Waals surface area contributed by atoms with Crippen LogP contribution in [0.5, 0.6) is 17.2 Å². The highest BCUT2D eigenvalue weighted by molar-refractivity contribution is 7.80. The molecule has 1 unspecified atom stereocenters. The van der Waals surface area contributed by atoms with Gasteiger partial charge in [0.15, 0.2) is 16.6 Å². The van der Waals surface area contributed by atoms with Gasteiger partial charge in [-0.1, -0.05) is 42.5 Å². The predicted molar refractivity (Wildman–Crippen MR) is 151 cm³/mol. The van der Waals surface area contributed by atoms with E-state index in [0.717, 1.165) is 22.3 Å². The zero-order valence-corrected chi connectivity index (χ0v) is 22.2. The van der Waals surface area contributed by atoms with Crippen LogP contribution in [0.4, 0.5) is 0 Å². The molecular weight excluding hydrogens is 486 g/mol. The molecule has 0 aliphatic heterocycles. The molecule has 0 saturated carbocycles. The smallest absolute Gasteiger partial charge is 0.253 e. The summed E-state index contributed by atoms with van der Waals surface area (Å²) >= 11 is 5.85. The number of thiocarbonyl (C=S) groups is 1. The maximum atomic E-state index is 13.1. The van der Waals surface area contributed by atoms with E-state index in [-0.39, 0.29) is 11.6 Å². The van der Waals surface area contributed by atoms with Crippen molar-refractivity contribution in [3.8, 4) is 17.2 Å². The van der Waals surface area contributed by atoms with E-state index in [1.54, 1.807) is 27.4 Å². The summed E-state index contributed by atoms with van der Waals surface area (Å²) < 4.78 is 16.1. The minimum atomic E-state index is -0.182. The number of pyridine rings is 1. The number of hydrogen-bond acceptors (Lipinski definition) is 5. The van der Waals surface area contributed by atoms with Crippen LogP contribution >= 0.6 is 12.2 Å². The van der Waals surface area contributed by atoms with Gasteiger partial charge in [0, 0.05) is 23.6 Å². The minimum absolute atomic E-state index is 0.00122. The highest BCUT2D eigenvalue weighted by atomic mass is 32.1. The molecule has 0 fully saturated rings. The summed E-state index contributed by atoms with van der Waals surface area (Å²) in [7, 11) is 4.80. The van der Waals surface area contributed by atoms with E-state index >= 15 is 0 Å². The summed E-state index contributed by atoms with van der Waals surface area (Å²) in [5.41, 5.74) is 3.24. The Bertz CT molecular complexity index is 1420. The molecule has 0 spiro atoms. The topological polar surface area (TPSA) is 75.8 Å². The normalized spacial score (nSPS) is 11.6. The SMILES string of the molecule is COc1ccc(CN(Cc2cc3cc(OC)c(OC)cc3[nH]c2=O)C(=S)NC(C)c2ccccc2)cc1. The van der Waals surface area contributed by atoms with Crippen LogP contribution in [0.2, 0.25) is 0 Å². The highest BCUT2D eigenvalue weighted by Gasteiger charge is 2.17. The quantitative estimate of drug-likeness (QED) is 0.296. The number of methoxy groups -OCH3 is 3. The van der Waals surface area contributed by atoms with E-state index in [4.69, 9.17) is 26.4 Å². The lowest BCUT2D eigenvalue weighted by atomic mass is 10.1. The third kappa shape index (κ3) is 6.21. The monoisotopic (exact) mass is 517 g/mol. The molecule has 1 heterocycles. The molecule has 1 aromatic heterocycles. The summed E-state index contributed by atoms with van der Waals surface area (Å²) in [6, 6.07) is 23.4. The van der Waals surface area contributed by atoms with Crippen molar-refractivity contribution < 1.29 is 14.2 Å². The van der Waals surface area contributed by atoms with Crippen molar-refractivity contribution in [2.75, 3.05) is 21.3 Å². The number of rotatable bonds is 9. The number of H-pyrrole nitrogens is 1. The molecular formula is C29H31N3O4S. The Morgan fingerprint density at radius 3 is 2.24 bits per heavy atom. The van der Waals surface area contributed by atoms with Gasteiger partial charge in [-0.05, 0) is 54.5 Å². The number of benzene rings is 3. The zero-order chi connectivity index (χ0) is 26.4. The van der Waals surface area contributed by atoms with E-state index in [2.05, 4.69) is 29.4 Å². The highest BCUT2D eigenvalue weighted by Crippen LogP contribution is 2.31. The number of aromatic amines is 1. The average Bonchev–Trinajstić information content (AvgIpc) is 2.93. The van der Waals surface area contributed by atoms with E-state index in [9.17, 15) is 4.79 Å². The van der Waals surface area contributed by atoms with Gasteiger partial charge >= 0.3 is 0 Å². The first-order valence-electron chi connectivity index (χ1n) is 11.9. The lowest BCUT2D eigenvalue weighted by molar-refractivity contribution is 0.355. The van der Waals surface area contributed by atoms with Crippen LogP contribution in [0.1, 0.15) is 29.7 Å². The van der Waals surface area contributed by atoms with Gasteiger partial charge in [0.2, 0.25) is 0 Å². The fourth-order valence-electron chi connectivity index (χ4n) is 4.15. The summed E-state index contributed by atoms with van der Waals surface area (Å²) in [5, 5.41) is 4.83. The fraction of sp³-hybridized carbons (Fsp3) is 0.241. The van der Waals surface area contributed by atoms with Crippen LogP contribution in [0.3, 0.4) is 0 Å². The summed E-state index contributed by atoms with van der Waals surface area (Å²) in [6.45, 7) is 2.90. The molecule has 7 nitrogen and oxygen atoms in total. The second kappa shape index (κ2) is 11.8. The van der Waals surface area contributed by atoms with Crippen molar-refractivity contribution in [1.82, 2.24) is 15.2 Å². The second-order valence-corrected chi connectivity index (χ2v) is 9.09. The molecule has 37 heavy (non-hydrogen) atoms. The van der Waals surface area contributed by atoms with Crippen LogP contribution in [-0.4, -0.2) is 36.3 Å². The number of aromatic nitrogens is 1. The van der Waals surface area contributed by atoms with Gasteiger partial charge < -0.3 is 29.4 Å². The molecule has 0 aliphatic rings. The first-order valence-corrected chi connectivity index (χ1v) is 12.3. The zero-order valence-electron chi connectivity index (χ0n) is 21.4. The van der Waals surface area contributed by atoms with Crippen LogP contribution in [-0.2, 0) is 13.1 Å². The van der Waals surface area contributed by atoms with Gasteiger partial charge in [0.05, 0.1) is 39.4 Å². The minimum Gasteiger partial charge on any atom is -0.497 e. The van der Waals surface area contributed by atoms with E-state index in [1.165, 1.54) is 0 Å². The standard InChI is InChI=1S/C29H31N3O4S/c1-19(21-8-6-5-7-9-21)30-29(37)32(17-20-10-12-24(34-2)13-11-20)18-23-14-22-15-26(35-3)27(36-4)16-25(22)31-28(23)33/h5-16,19H,17-18H2,1-4H3,(H,30,37)(H,31,33). The maximum Gasteiger partial charge on any atom is 0.253 e. The van der Waals surface area contributed by atoms with Crippen molar-refractivity contribution in [1.29, 1.82) is 0 Å². The number of nitrogens with one attached hydrogen (secondary N) is 2. The van der Waals surface area contributed by atoms with Crippen molar-refractivity contribution in [2.24, 2.45) is 0 Å². The van der Waals surface area contributed by atoms with Gasteiger partial charge in [-0.15, -0.1) is 0 Å². The lowest BCUT2D eigenvalue weighted by Gasteiger charge is -2.28. The van der Waals surface area contributed by atoms with Gasteiger partial charge in [0.1, 0.15) is 5.75 Å². The number of hydrogen-bond donors (Lipinski definition) is 2. The molecule has 4 aromatic rings. The molecule has 0 bridgehead atoms. The molecule has 2 N–H and O–H groups in total. The van der Waals surface area contributed by atoms with Crippen LogP contribution in [0.25, 0.3) is 10.9 Å². The molecule has 192 valence electrons. The summed E-state index contributed by atoms with van der Waals surface area (Å²) in [4.78, 5) is 18.1. The Kier molecular flexibility index (Phi) is 8.30. The molecule has 1 atom stereocenters. The molecule has 0 radical (unpaired) electrons. The van der Waals surface area contributed by atoms with Crippen molar-refractivity contribution in [3.63, 3.8) is 0 Å². The Balaban J connectivity index is 1.65. The predicted octanol–water partition coefficient (Wildman–Crippen LogP) is 5.19. The third-order valence-corrected chi connectivity index (χ3v) is 6.62. The first kappa shape index (κ1) is 26.0. The van der Waals surface area contributed by atoms with Gasteiger partial charge in [-0.2, -0.15) is 0 Å². The van der Waals surface area contributed by atoms with Gasteiger partial charge in [-0.3, -0.25) is 4.79 Å². The van der Waals surface area contributed by atoms with Gasteiger partial charge in [-0.25, -0.2) is 0 Å². The average molecular weight is 518 g/mol. The Hall–Kier alpha value is -4.04. The summed E-state index contributed by atoms with van der Waals surface area (Å²) in [5.74, 6) is 1.93. The Morgan fingerprint density at radius 1 is 0.919 bits per heavy atom. The Labute approximate surface area is 222 Å². The number of nitrogens with zero attached hydrogens (tertiary/aromatic N) is 1. The van der Waals surface area contributed by atoms with E-state index in [1.807, 2.05) is 59.5 Å². The van der Waals surface area contributed by atoms with Gasteiger partial charge in [0.25, 0.3) is 5.56 Å². The Morgan fingerprint density at radius 2 is 1.59 bits per heavy atom. The molecule has 4 rings (SSSR count). The van der Waals surface area contributed by atoms with Crippen molar-refractivity contribution in [3.05, 3.63) is 99.8 Å². The number of ether oxygens (including phenoxy) is 3. The molecule has 0 aliphatic carbocycles. The van der Waals surface area contributed by atoms with Crippen LogP contribution in [0.15, 0.2) is 77.6 Å². The van der Waals surface area contributed by atoms with E-state index < -0.39 is 0 Å². The van der Waals surface area contributed by atoms with Crippen LogP contribution < -0.4 is 25.1 Å². The first-order chi connectivity index (χ1) is 17.9. The summed E-state index contributed by atoms with van der Waals surface area (Å²) in [6.07, 6.45) is 0. The third-order valence-electron chi connectivity index (χ3n) is 6.25. The molecule has 3 aromatic carbocycles. The largest absolute Gasteiger partial charge is 0.497 e. The van der Waals surface area contributed by atoms with E-state index in [0.29, 0.717) is 40.8 Å². The number of fused-ring (bicyclic) bond motifs is 1. The maximum absolute atomic E-state index is 13.1. The molecule has 0 amide bonds. The lowest BCUT2D eigenvalue weighted by Crippen LogP contribution is -2.41. The van der Waals surface area contributed by atoms with Crippen molar-refractivity contribution in [2.45, 2.75) is 26.1 Å². The molecule has 8 heteroatoms. The van der Waals surface area contributed by atoms with Crippen molar-refractivity contribution >= 4 is 28.2 Å². The second-order valence-electron chi connectivity index (χ2n) is 8.70.